The van der Waals surface area contributed by atoms with Crippen LogP contribution in [0.4, 0.5) is 5.69 Å². The summed E-state index contributed by atoms with van der Waals surface area (Å²) in [7, 11) is 0. The van der Waals surface area contributed by atoms with Crippen molar-refractivity contribution in [3.05, 3.63) is 90.0 Å². The van der Waals surface area contributed by atoms with Crippen LogP contribution in [0, 0.1) is 6.92 Å². The number of hydrogen-bond donors (Lipinski definition) is 2. The van der Waals surface area contributed by atoms with E-state index in [2.05, 4.69) is 25.9 Å². The first-order valence-electron chi connectivity index (χ1n) is 10.9. The van der Waals surface area contributed by atoms with Crippen molar-refractivity contribution in [1.82, 2.24) is 25.3 Å². The van der Waals surface area contributed by atoms with Crippen LogP contribution in [0.15, 0.2) is 72.9 Å². The van der Waals surface area contributed by atoms with E-state index in [4.69, 9.17) is 4.74 Å². The molecule has 0 aliphatic rings. The van der Waals surface area contributed by atoms with Gasteiger partial charge in [0.25, 0.3) is 11.8 Å². The number of para-hydroxylation sites is 1. The largest absolute Gasteiger partial charge is 0.455 e. The lowest BCUT2D eigenvalue weighted by Crippen LogP contribution is -2.25. The molecule has 172 valence electrons. The van der Waals surface area contributed by atoms with E-state index >= 15 is 0 Å². The van der Waals surface area contributed by atoms with Crippen LogP contribution in [-0.4, -0.2) is 38.3 Å². The number of benzene rings is 2. The number of nitrogens with one attached hydrogen (secondary N) is 2. The van der Waals surface area contributed by atoms with Crippen LogP contribution >= 0.6 is 0 Å². The van der Waals surface area contributed by atoms with Gasteiger partial charge in [0.2, 0.25) is 0 Å². The number of amides is 2. The lowest BCUT2D eigenvalue weighted by molar-refractivity contribution is 0.0945. The number of nitrogens with zero attached hydrogens (tertiary/aromatic N) is 4. The van der Waals surface area contributed by atoms with E-state index in [1.54, 1.807) is 54.2 Å². The molecule has 2 aromatic carbocycles. The second-order valence-corrected chi connectivity index (χ2v) is 7.46. The molecule has 0 atom stereocenters. The molecule has 0 spiro atoms. The minimum absolute atomic E-state index is 0.213. The summed E-state index contributed by atoms with van der Waals surface area (Å²) >= 11 is 0. The van der Waals surface area contributed by atoms with Gasteiger partial charge < -0.3 is 15.4 Å². The standard InChI is InChI=1S/C25H24N6O3/c1-3-15-27-24(32)23-21(10-7-16-26-23)34-20-13-11-18(12-14-20)28-25(33)22-17(2)31(30-29-22)19-8-5-4-6-9-19/h4-14,16H,3,15H2,1-2H3,(H,27,32)(H,28,33). The van der Waals surface area contributed by atoms with Crippen molar-refractivity contribution < 1.29 is 14.3 Å². The molecule has 0 aliphatic carbocycles. The summed E-state index contributed by atoms with van der Waals surface area (Å²) in [6, 6.07) is 19.7. The molecule has 2 heterocycles. The summed E-state index contributed by atoms with van der Waals surface area (Å²) in [5.74, 6) is 0.193. The second-order valence-electron chi connectivity index (χ2n) is 7.46. The number of carbonyl (C=O) groups is 2. The Hall–Kier alpha value is -4.53. The van der Waals surface area contributed by atoms with E-state index in [9.17, 15) is 9.59 Å². The van der Waals surface area contributed by atoms with Gasteiger partial charge in [0.05, 0.1) is 11.4 Å². The average molecular weight is 457 g/mol. The summed E-state index contributed by atoms with van der Waals surface area (Å²) in [5, 5.41) is 13.8. The van der Waals surface area contributed by atoms with Crippen molar-refractivity contribution in [1.29, 1.82) is 0 Å². The lowest BCUT2D eigenvalue weighted by atomic mass is 10.2. The molecule has 0 bridgehead atoms. The first-order chi connectivity index (χ1) is 16.6. The van der Waals surface area contributed by atoms with Gasteiger partial charge >= 0.3 is 0 Å². The number of aromatic nitrogens is 4. The van der Waals surface area contributed by atoms with E-state index in [-0.39, 0.29) is 23.2 Å². The maximum Gasteiger partial charge on any atom is 0.278 e. The molecule has 0 radical (unpaired) electrons. The molecule has 0 aliphatic heterocycles. The predicted molar refractivity (Wildman–Crippen MR) is 127 cm³/mol. The second kappa shape index (κ2) is 10.4. The highest BCUT2D eigenvalue weighted by atomic mass is 16.5. The van der Waals surface area contributed by atoms with Crippen molar-refractivity contribution in [2.45, 2.75) is 20.3 Å². The summed E-state index contributed by atoms with van der Waals surface area (Å²) in [6.45, 7) is 4.33. The van der Waals surface area contributed by atoms with Gasteiger partial charge in [-0.3, -0.25) is 9.59 Å². The van der Waals surface area contributed by atoms with Gasteiger partial charge in [0, 0.05) is 18.4 Å². The van der Waals surface area contributed by atoms with Crippen molar-refractivity contribution in [2.75, 3.05) is 11.9 Å². The van der Waals surface area contributed by atoms with Crippen LogP contribution in [-0.2, 0) is 0 Å². The van der Waals surface area contributed by atoms with Gasteiger partial charge in [0.15, 0.2) is 17.1 Å². The molecule has 0 fully saturated rings. The normalized spacial score (nSPS) is 10.5. The number of anilines is 1. The van der Waals surface area contributed by atoms with Crippen LogP contribution in [0.5, 0.6) is 11.5 Å². The molecule has 9 heteroatoms. The van der Waals surface area contributed by atoms with Gasteiger partial charge in [-0.25, -0.2) is 9.67 Å². The summed E-state index contributed by atoms with van der Waals surface area (Å²) < 4.78 is 7.48. The fourth-order valence-corrected chi connectivity index (χ4v) is 3.24. The van der Waals surface area contributed by atoms with Crippen LogP contribution < -0.4 is 15.4 Å². The highest BCUT2D eigenvalue weighted by molar-refractivity contribution is 6.03. The van der Waals surface area contributed by atoms with Crippen molar-refractivity contribution >= 4 is 17.5 Å². The number of hydrogen-bond acceptors (Lipinski definition) is 6. The molecule has 0 saturated carbocycles. The molecule has 0 saturated heterocycles. The monoisotopic (exact) mass is 456 g/mol. The maximum atomic E-state index is 12.8. The SMILES string of the molecule is CCCNC(=O)c1ncccc1Oc1ccc(NC(=O)c2nnn(-c3ccccc3)c2C)cc1. The van der Waals surface area contributed by atoms with Crippen LogP contribution in [0.3, 0.4) is 0 Å². The van der Waals surface area contributed by atoms with E-state index < -0.39 is 0 Å². The third kappa shape index (κ3) is 5.09. The van der Waals surface area contributed by atoms with E-state index in [1.165, 1.54) is 0 Å². The zero-order valence-electron chi connectivity index (χ0n) is 18.9. The lowest BCUT2D eigenvalue weighted by Gasteiger charge is -2.11. The third-order valence-corrected chi connectivity index (χ3v) is 4.97. The minimum Gasteiger partial charge on any atom is -0.455 e. The maximum absolute atomic E-state index is 12.8. The fourth-order valence-electron chi connectivity index (χ4n) is 3.24. The van der Waals surface area contributed by atoms with Gasteiger partial charge in [-0.05, 0) is 61.9 Å². The van der Waals surface area contributed by atoms with Crippen LogP contribution in [0.1, 0.15) is 40.0 Å². The van der Waals surface area contributed by atoms with Crippen LogP contribution in [0.2, 0.25) is 0 Å². The predicted octanol–water partition coefficient (Wildman–Crippen LogP) is 4.16. The number of carbonyl (C=O) groups excluding carboxylic acids is 2. The minimum atomic E-state index is -0.365. The zero-order valence-corrected chi connectivity index (χ0v) is 18.9. The smallest absolute Gasteiger partial charge is 0.278 e. The van der Waals surface area contributed by atoms with Crippen molar-refractivity contribution in [2.24, 2.45) is 0 Å². The number of pyridine rings is 1. The first kappa shape index (κ1) is 22.7. The molecule has 4 rings (SSSR count). The highest BCUT2D eigenvalue weighted by Crippen LogP contribution is 2.25. The molecule has 9 nitrogen and oxygen atoms in total. The zero-order chi connectivity index (χ0) is 23.9. The van der Waals surface area contributed by atoms with Crippen molar-refractivity contribution in [3.63, 3.8) is 0 Å². The van der Waals surface area contributed by atoms with E-state index in [0.717, 1.165) is 12.1 Å². The Labute approximate surface area is 196 Å². The summed E-state index contributed by atoms with van der Waals surface area (Å²) in [6.07, 6.45) is 2.37. The Morgan fingerprint density at radius 1 is 0.941 bits per heavy atom. The molecular formula is C25H24N6O3. The average Bonchev–Trinajstić information content (AvgIpc) is 3.26. The molecule has 2 N–H and O–H groups in total. The van der Waals surface area contributed by atoms with Gasteiger partial charge in [0.1, 0.15) is 5.75 Å². The van der Waals surface area contributed by atoms with Gasteiger partial charge in [-0.1, -0.05) is 30.3 Å². The topological polar surface area (TPSA) is 111 Å². The summed E-state index contributed by atoms with van der Waals surface area (Å²) in [4.78, 5) is 29.2. The summed E-state index contributed by atoms with van der Waals surface area (Å²) in [5.41, 5.74) is 2.48. The fraction of sp³-hybridized carbons (Fsp3) is 0.160. The Kier molecular flexibility index (Phi) is 6.92. The molecule has 4 aromatic rings. The van der Waals surface area contributed by atoms with E-state index in [0.29, 0.717) is 29.4 Å². The molecule has 2 aromatic heterocycles. The van der Waals surface area contributed by atoms with Crippen molar-refractivity contribution in [3.8, 4) is 17.2 Å². The third-order valence-electron chi connectivity index (χ3n) is 4.97. The first-order valence-corrected chi connectivity index (χ1v) is 10.9. The van der Waals surface area contributed by atoms with E-state index in [1.807, 2.05) is 37.3 Å². The molecular weight excluding hydrogens is 432 g/mol. The molecule has 2 amide bonds. The Morgan fingerprint density at radius 2 is 1.71 bits per heavy atom. The van der Waals surface area contributed by atoms with Gasteiger partial charge in [-0.2, -0.15) is 0 Å². The van der Waals surface area contributed by atoms with Crippen LogP contribution in [0.25, 0.3) is 5.69 Å². The Morgan fingerprint density at radius 3 is 2.44 bits per heavy atom. The number of rotatable bonds is 8. The van der Waals surface area contributed by atoms with Gasteiger partial charge in [-0.15, -0.1) is 5.10 Å². The molecule has 0 unspecified atom stereocenters. The molecule has 34 heavy (non-hydrogen) atoms. The number of ether oxygens (including phenoxy) is 1. The Balaban J connectivity index is 1.44. The highest BCUT2D eigenvalue weighted by Gasteiger charge is 2.18. The quantitative estimate of drug-likeness (QED) is 0.412. The Bertz CT molecular complexity index is 1290.